The fourth-order valence-corrected chi connectivity index (χ4v) is 3.63. The van der Waals surface area contributed by atoms with E-state index in [0.29, 0.717) is 15.7 Å². The van der Waals surface area contributed by atoms with Gasteiger partial charge in [0.1, 0.15) is 0 Å². The number of aromatic nitrogens is 1. The van der Waals surface area contributed by atoms with Gasteiger partial charge >= 0.3 is 0 Å². The molecule has 0 amide bonds. The second-order valence-electron chi connectivity index (χ2n) is 4.02. The highest BCUT2D eigenvalue weighted by molar-refractivity contribution is 7.93. The van der Waals surface area contributed by atoms with Crippen LogP contribution in [0.4, 0.5) is 10.8 Å². The van der Waals surface area contributed by atoms with Gasteiger partial charge in [0.15, 0.2) is 5.13 Å². The van der Waals surface area contributed by atoms with Crippen molar-refractivity contribution in [1.29, 1.82) is 0 Å². The monoisotopic (exact) mass is 317 g/mol. The highest BCUT2D eigenvalue weighted by atomic mass is 35.5. The van der Waals surface area contributed by atoms with E-state index in [9.17, 15) is 8.42 Å². The zero-order valence-electron chi connectivity index (χ0n) is 10.3. The van der Waals surface area contributed by atoms with Crippen molar-refractivity contribution in [2.24, 2.45) is 0 Å². The van der Waals surface area contributed by atoms with Crippen LogP contribution in [0, 0.1) is 13.8 Å². The molecular formula is C11H12ClN3O2S2. The van der Waals surface area contributed by atoms with Crippen molar-refractivity contribution in [2.45, 2.75) is 18.7 Å². The largest absolute Gasteiger partial charge is 0.397 e. The third-order valence-corrected chi connectivity index (χ3v) is 5.20. The maximum absolute atomic E-state index is 12.2. The van der Waals surface area contributed by atoms with Crippen LogP contribution in [0.3, 0.4) is 0 Å². The van der Waals surface area contributed by atoms with Gasteiger partial charge in [-0.05, 0) is 31.5 Å². The lowest BCUT2D eigenvalue weighted by molar-refractivity contribution is 0.601. The number of halogens is 1. The summed E-state index contributed by atoms with van der Waals surface area (Å²) in [7, 11) is -3.70. The van der Waals surface area contributed by atoms with Gasteiger partial charge in [0.05, 0.1) is 15.6 Å². The van der Waals surface area contributed by atoms with Gasteiger partial charge in [-0.15, -0.1) is 11.3 Å². The van der Waals surface area contributed by atoms with Gasteiger partial charge in [-0.1, -0.05) is 11.6 Å². The molecule has 0 saturated carbocycles. The fourth-order valence-electron chi connectivity index (χ4n) is 1.49. The van der Waals surface area contributed by atoms with Crippen molar-refractivity contribution in [2.75, 3.05) is 10.5 Å². The fraction of sp³-hybridized carbons (Fsp3) is 0.182. The number of sulfonamides is 1. The van der Waals surface area contributed by atoms with E-state index in [0.717, 1.165) is 4.88 Å². The molecule has 0 aliphatic rings. The predicted molar refractivity (Wildman–Crippen MR) is 78.3 cm³/mol. The molecule has 19 heavy (non-hydrogen) atoms. The van der Waals surface area contributed by atoms with Crippen molar-refractivity contribution in [3.05, 3.63) is 33.8 Å². The third kappa shape index (κ3) is 2.99. The Morgan fingerprint density at radius 3 is 2.58 bits per heavy atom. The Balaban J connectivity index is 2.40. The molecule has 0 radical (unpaired) electrons. The molecule has 0 fully saturated rings. The third-order valence-electron chi connectivity index (χ3n) is 2.41. The number of nitrogens with one attached hydrogen (secondary N) is 1. The number of benzene rings is 1. The van der Waals surface area contributed by atoms with E-state index in [2.05, 4.69) is 9.71 Å². The number of nitrogens with two attached hydrogens (primary N) is 1. The number of hydrogen-bond donors (Lipinski definition) is 2. The molecule has 0 saturated heterocycles. The van der Waals surface area contributed by atoms with Crippen LogP contribution in [0.25, 0.3) is 0 Å². The molecule has 0 aliphatic heterocycles. The summed E-state index contributed by atoms with van der Waals surface area (Å²) in [4.78, 5) is 4.95. The molecule has 5 nitrogen and oxygen atoms in total. The predicted octanol–water partition coefficient (Wildman–Crippen LogP) is 2.80. The van der Waals surface area contributed by atoms with E-state index in [-0.39, 0.29) is 10.6 Å². The minimum Gasteiger partial charge on any atom is -0.397 e. The molecule has 0 spiro atoms. The molecule has 0 aliphatic carbocycles. The summed E-state index contributed by atoms with van der Waals surface area (Å²) in [6.45, 7) is 3.55. The smallest absolute Gasteiger partial charge is 0.263 e. The van der Waals surface area contributed by atoms with E-state index in [1.807, 2.05) is 6.92 Å². The van der Waals surface area contributed by atoms with Crippen molar-refractivity contribution in [3.8, 4) is 0 Å². The number of nitrogen functional groups attached to an aromatic ring is 1. The first-order chi connectivity index (χ1) is 8.79. The van der Waals surface area contributed by atoms with E-state index >= 15 is 0 Å². The Morgan fingerprint density at radius 1 is 1.37 bits per heavy atom. The van der Waals surface area contributed by atoms with Gasteiger partial charge in [0.25, 0.3) is 10.0 Å². The van der Waals surface area contributed by atoms with Gasteiger partial charge in [-0.25, -0.2) is 13.4 Å². The first-order valence-corrected chi connectivity index (χ1v) is 7.98. The molecule has 102 valence electrons. The number of hydrogen-bond acceptors (Lipinski definition) is 5. The molecule has 0 bridgehead atoms. The molecule has 0 unspecified atom stereocenters. The summed E-state index contributed by atoms with van der Waals surface area (Å²) in [5, 5.41) is 0.688. The summed E-state index contributed by atoms with van der Waals surface area (Å²) >= 11 is 7.17. The highest BCUT2D eigenvalue weighted by Gasteiger charge is 2.18. The first-order valence-electron chi connectivity index (χ1n) is 5.30. The second-order valence-corrected chi connectivity index (χ2v) is 7.32. The first kappa shape index (κ1) is 14.1. The molecule has 2 aromatic rings. The summed E-state index contributed by atoms with van der Waals surface area (Å²) in [6.07, 6.45) is 1.60. The standard InChI is InChI=1S/C11H12ClN3O2S2/c1-6-3-8(4-9(13)10(6)12)19(16,17)15-11-14-5-7(2)18-11/h3-5H,13H2,1-2H3,(H,14,15). The molecule has 1 aromatic heterocycles. The van der Waals surface area contributed by atoms with Crippen LogP contribution in [-0.2, 0) is 10.0 Å². The van der Waals surface area contributed by atoms with E-state index in [1.54, 1.807) is 13.1 Å². The lowest BCUT2D eigenvalue weighted by atomic mass is 10.2. The Labute approximate surface area is 120 Å². The number of rotatable bonds is 3. The molecule has 0 atom stereocenters. The van der Waals surface area contributed by atoms with Gasteiger partial charge in [-0.2, -0.15) is 0 Å². The average molecular weight is 318 g/mol. The molecule has 2 rings (SSSR count). The maximum atomic E-state index is 12.2. The minimum atomic E-state index is -3.70. The van der Waals surface area contributed by atoms with Crippen LogP contribution in [0.5, 0.6) is 0 Å². The second kappa shape index (κ2) is 4.99. The zero-order valence-corrected chi connectivity index (χ0v) is 12.7. The number of anilines is 2. The molecule has 3 N–H and O–H groups in total. The van der Waals surface area contributed by atoms with Crippen LogP contribution >= 0.6 is 22.9 Å². The maximum Gasteiger partial charge on any atom is 0.263 e. The normalized spacial score (nSPS) is 11.5. The number of aryl methyl sites for hydroxylation is 2. The van der Waals surface area contributed by atoms with E-state index < -0.39 is 10.0 Å². The molecular weight excluding hydrogens is 306 g/mol. The van der Waals surface area contributed by atoms with E-state index in [1.165, 1.54) is 23.5 Å². The van der Waals surface area contributed by atoms with Gasteiger partial charge in [0, 0.05) is 11.1 Å². The number of thiazole rings is 1. The summed E-state index contributed by atoms with van der Waals surface area (Å²) in [5.74, 6) is 0. The summed E-state index contributed by atoms with van der Waals surface area (Å²) in [6, 6.07) is 2.81. The Kier molecular flexibility index (Phi) is 3.71. The molecule has 1 aromatic carbocycles. The lowest BCUT2D eigenvalue weighted by Crippen LogP contribution is -2.13. The number of nitrogens with zero attached hydrogens (tertiary/aromatic N) is 1. The minimum absolute atomic E-state index is 0.0692. The zero-order chi connectivity index (χ0) is 14.2. The van der Waals surface area contributed by atoms with Gasteiger partial charge < -0.3 is 5.73 Å². The van der Waals surface area contributed by atoms with Gasteiger partial charge in [0.2, 0.25) is 0 Å². The molecule has 8 heteroatoms. The van der Waals surface area contributed by atoms with Crippen molar-refractivity contribution in [1.82, 2.24) is 4.98 Å². The topological polar surface area (TPSA) is 85.1 Å². The Bertz CT molecular complexity index is 702. The van der Waals surface area contributed by atoms with Crippen LogP contribution in [0.15, 0.2) is 23.2 Å². The van der Waals surface area contributed by atoms with Crippen molar-refractivity contribution < 1.29 is 8.42 Å². The lowest BCUT2D eigenvalue weighted by Gasteiger charge is -2.09. The van der Waals surface area contributed by atoms with Crippen LogP contribution in [-0.4, -0.2) is 13.4 Å². The van der Waals surface area contributed by atoms with Crippen LogP contribution in [0.1, 0.15) is 10.4 Å². The van der Waals surface area contributed by atoms with Crippen LogP contribution in [0.2, 0.25) is 5.02 Å². The van der Waals surface area contributed by atoms with E-state index in [4.69, 9.17) is 17.3 Å². The highest BCUT2D eigenvalue weighted by Crippen LogP contribution is 2.28. The summed E-state index contributed by atoms with van der Waals surface area (Å²) in [5.41, 5.74) is 6.52. The molecule has 1 heterocycles. The SMILES string of the molecule is Cc1cnc(NS(=O)(=O)c2cc(C)c(Cl)c(N)c2)s1. The van der Waals surface area contributed by atoms with Crippen molar-refractivity contribution >= 4 is 43.8 Å². The Morgan fingerprint density at radius 2 is 2.05 bits per heavy atom. The van der Waals surface area contributed by atoms with Gasteiger partial charge in [-0.3, -0.25) is 4.72 Å². The Hall–Kier alpha value is -1.31. The average Bonchev–Trinajstić information content (AvgIpc) is 2.70. The quantitative estimate of drug-likeness (QED) is 0.852. The summed E-state index contributed by atoms with van der Waals surface area (Å²) < 4.78 is 26.8. The van der Waals surface area contributed by atoms with Crippen molar-refractivity contribution in [3.63, 3.8) is 0 Å². The van der Waals surface area contributed by atoms with Crippen LogP contribution < -0.4 is 10.5 Å².